The molecule has 0 spiro atoms. The third kappa shape index (κ3) is 5.68. The van der Waals surface area contributed by atoms with Gasteiger partial charge in [-0.25, -0.2) is 9.97 Å². The Hall–Kier alpha value is -3.44. The molecule has 5 nitrogen and oxygen atoms in total. The second-order valence-corrected chi connectivity index (χ2v) is 10.9. The molecule has 0 radical (unpaired) electrons. The van der Waals surface area contributed by atoms with Crippen molar-refractivity contribution in [2.45, 2.75) is 45.1 Å². The zero-order valence-electron chi connectivity index (χ0n) is 22.5. The van der Waals surface area contributed by atoms with Crippen molar-refractivity contribution in [2.24, 2.45) is 5.92 Å². The van der Waals surface area contributed by atoms with E-state index in [1.807, 2.05) is 6.20 Å². The van der Waals surface area contributed by atoms with Crippen LogP contribution in [0.2, 0.25) is 0 Å². The first-order valence-electron chi connectivity index (χ1n) is 14.2. The van der Waals surface area contributed by atoms with E-state index in [0.717, 1.165) is 56.4 Å². The fourth-order valence-electron chi connectivity index (χ4n) is 6.10. The lowest BCUT2D eigenvalue weighted by Crippen LogP contribution is -2.34. The zero-order valence-corrected chi connectivity index (χ0v) is 22.5. The van der Waals surface area contributed by atoms with Crippen molar-refractivity contribution in [1.82, 2.24) is 14.9 Å². The van der Waals surface area contributed by atoms with Crippen molar-refractivity contribution in [2.75, 3.05) is 38.2 Å². The minimum atomic E-state index is 0.644. The third-order valence-electron chi connectivity index (χ3n) is 8.27. The number of likely N-dealkylation sites (tertiary alicyclic amines) is 1. The number of hydrogen-bond acceptors (Lipinski definition) is 5. The fraction of sp³-hybridized carbons (Fsp3) is 0.394. The summed E-state index contributed by atoms with van der Waals surface area (Å²) in [5.41, 5.74) is 4.89. The number of aromatic nitrogens is 2. The average molecular weight is 507 g/mol. The number of rotatable bonds is 7. The Morgan fingerprint density at radius 1 is 0.868 bits per heavy atom. The van der Waals surface area contributed by atoms with Crippen LogP contribution in [0.5, 0.6) is 5.75 Å². The van der Waals surface area contributed by atoms with Gasteiger partial charge in [0.05, 0.1) is 12.8 Å². The maximum atomic E-state index is 5.56. The van der Waals surface area contributed by atoms with Gasteiger partial charge in [-0.15, -0.1) is 0 Å². The Morgan fingerprint density at radius 3 is 2.47 bits per heavy atom. The summed E-state index contributed by atoms with van der Waals surface area (Å²) in [6.45, 7) is 5.55. The Morgan fingerprint density at radius 2 is 1.68 bits per heavy atom. The van der Waals surface area contributed by atoms with E-state index in [0.29, 0.717) is 5.92 Å². The lowest BCUT2D eigenvalue weighted by molar-refractivity contribution is 0.176. The van der Waals surface area contributed by atoms with Gasteiger partial charge in [0.15, 0.2) is 0 Å². The first-order valence-corrected chi connectivity index (χ1v) is 14.2. The summed E-state index contributed by atoms with van der Waals surface area (Å²) in [4.78, 5) is 14.9. The van der Waals surface area contributed by atoms with E-state index in [9.17, 15) is 0 Å². The molecule has 1 aromatic heterocycles. The topological polar surface area (TPSA) is 41.5 Å². The van der Waals surface area contributed by atoms with Gasteiger partial charge < -0.3 is 9.64 Å². The summed E-state index contributed by atoms with van der Waals surface area (Å²) in [6.07, 6.45) is 9.12. The SMILES string of the molecule is COc1ccc2cc(-c3ccnc(CC4CCN(Cc5ccccc5)CC4)n3)cc(N3CCCCC3)c2c1. The number of methoxy groups -OCH3 is 1. The highest BCUT2D eigenvalue weighted by atomic mass is 16.5. The van der Waals surface area contributed by atoms with Gasteiger partial charge in [0.25, 0.3) is 0 Å². The standard InChI is InChI=1S/C33H38N4O/c1-38-29-11-10-27-21-28(22-32(30(27)23-29)37-16-6-3-7-17-37)31-12-15-34-33(35-31)20-25-13-18-36(19-14-25)24-26-8-4-2-5-9-26/h2,4-5,8-12,15,21-23,25H,3,6-7,13-14,16-20,24H2,1H3. The monoisotopic (exact) mass is 506 g/mol. The highest BCUT2D eigenvalue weighted by Gasteiger charge is 2.21. The van der Waals surface area contributed by atoms with Crippen LogP contribution in [0.15, 0.2) is 72.9 Å². The van der Waals surface area contributed by atoms with Crippen molar-refractivity contribution in [3.8, 4) is 17.0 Å². The molecule has 196 valence electrons. The van der Waals surface area contributed by atoms with E-state index in [1.165, 1.54) is 59.7 Å². The Balaban J connectivity index is 1.20. The molecule has 0 unspecified atom stereocenters. The number of anilines is 1. The summed E-state index contributed by atoms with van der Waals surface area (Å²) in [5.74, 6) is 2.52. The van der Waals surface area contributed by atoms with Crippen LogP contribution >= 0.6 is 0 Å². The van der Waals surface area contributed by atoms with Crippen LogP contribution in [0, 0.1) is 5.92 Å². The van der Waals surface area contributed by atoms with Crippen LogP contribution in [0.1, 0.15) is 43.5 Å². The van der Waals surface area contributed by atoms with E-state index >= 15 is 0 Å². The minimum absolute atomic E-state index is 0.644. The molecular formula is C33H38N4O. The smallest absolute Gasteiger partial charge is 0.129 e. The van der Waals surface area contributed by atoms with Crippen LogP contribution in [-0.4, -0.2) is 48.2 Å². The molecule has 5 heteroatoms. The van der Waals surface area contributed by atoms with E-state index in [1.54, 1.807) is 7.11 Å². The second-order valence-electron chi connectivity index (χ2n) is 10.9. The molecule has 0 bridgehead atoms. The molecule has 3 aromatic carbocycles. The number of hydrogen-bond donors (Lipinski definition) is 0. The van der Waals surface area contributed by atoms with E-state index in [2.05, 4.69) is 76.5 Å². The molecule has 38 heavy (non-hydrogen) atoms. The van der Waals surface area contributed by atoms with Gasteiger partial charge in [-0.3, -0.25) is 4.90 Å². The highest BCUT2D eigenvalue weighted by molar-refractivity contribution is 5.98. The van der Waals surface area contributed by atoms with Gasteiger partial charge in [0, 0.05) is 48.9 Å². The normalized spacial score (nSPS) is 17.1. The Bertz CT molecular complexity index is 1360. The van der Waals surface area contributed by atoms with Gasteiger partial charge in [-0.05, 0) is 92.4 Å². The van der Waals surface area contributed by atoms with Crippen LogP contribution in [0.25, 0.3) is 22.0 Å². The molecule has 3 heterocycles. The Kier molecular flexibility index (Phi) is 7.54. The first-order chi connectivity index (χ1) is 18.7. The minimum Gasteiger partial charge on any atom is -0.497 e. The van der Waals surface area contributed by atoms with Crippen LogP contribution in [0.4, 0.5) is 5.69 Å². The summed E-state index contributed by atoms with van der Waals surface area (Å²) in [5, 5.41) is 2.49. The van der Waals surface area contributed by atoms with Gasteiger partial charge >= 0.3 is 0 Å². The molecule has 2 fully saturated rings. The molecule has 4 aromatic rings. The third-order valence-corrected chi connectivity index (χ3v) is 8.27. The van der Waals surface area contributed by atoms with Crippen molar-refractivity contribution in [3.63, 3.8) is 0 Å². The molecule has 0 N–H and O–H groups in total. The molecule has 0 aliphatic carbocycles. The van der Waals surface area contributed by atoms with Crippen LogP contribution in [0.3, 0.4) is 0 Å². The highest BCUT2D eigenvalue weighted by Crippen LogP contribution is 2.36. The molecule has 6 rings (SSSR count). The number of ether oxygens (including phenoxy) is 1. The van der Waals surface area contributed by atoms with Crippen molar-refractivity contribution in [3.05, 3.63) is 84.3 Å². The summed E-state index contributed by atoms with van der Waals surface area (Å²) < 4.78 is 5.56. The van der Waals surface area contributed by atoms with Gasteiger partial charge in [-0.2, -0.15) is 0 Å². The number of piperidine rings is 2. The molecular weight excluding hydrogens is 468 g/mol. The Labute approximate surface area is 226 Å². The quantitative estimate of drug-likeness (QED) is 0.277. The molecule has 2 saturated heterocycles. The predicted molar refractivity (Wildman–Crippen MR) is 156 cm³/mol. The average Bonchev–Trinajstić information content (AvgIpc) is 2.98. The fourth-order valence-corrected chi connectivity index (χ4v) is 6.10. The largest absolute Gasteiger partial charge is 0.497 e. The number of benzene rings is 3. The van der Waals surface area contributed by atoms with Crippen LogP contribution in [-0.2, 0) is 13.0 Å². The molecule has 0 atom stereocenters. The van der Waals surface area contributed by atoms with Gasteiger partial charge in [0.1, 0.15) is 11.6 Å². The molecule has 0 amide bonds. The van der Waals surface area contributed by atoms with Crippen molar-refractivity contribution >= 4 is 16.5 Å². The van der Waals surface area contributed by atoms with E-state index in [4.69, 9.17) is 14.7 Å². The molecule has 2 aliphatic rings. The zero-order chi connectivity index (χ0) is 25.7. The second kappa shape index (κ2) is 11.5. The van der Waals surface area contributed by atoms with Crippen LogP contribution < -0.4 is 9.64 Å². The van der Waals surface area contributed by atoms with Crippen molar-refractivity contribution in [1.29, 1.82) is 0 Å². The number of nitrogens with zero attached hydrogens (tertiary/aromatic N) is 4. The van der Waals surface area contributed by atoms with Crippen molar-refractivity contribution < 1.29 is 4.74 Å². The van der Waals surface area contributed by atoms with Gasteiger partial charge in [0.2, 0.25) is 0 Å². The summed E-state index contributed by atoms with van der Waals surface area (Å²) >= 11 is 0. The predicted octanol–water partition coefficient (Wildman–Crippen LogP) is 6.75. The number of fused-ring (bicyclic) bond motifs is 1. The van der Waals surface area contributed by atoms with Gasteiger partial charge in [-0.1, -0.05) is 36.4 Å². The van der Waals surface area contributed by atoms with E-state index in [-0.39, 0.29) is 0 Å². The summed E-state index contributed by atoms with van der Waals surface area (Å²) in [7, 11) is 1.74. The molecule has 0 saturated carbocycles. The lowest BCUT2D eigenvalue weighted by atomic mass is 9.93. The molecule has 2 aliphatic heterocycles. The first kappa shape index (κ1) is 24.9. The van der Waals surface area contributed by atoms with E-state index < -0.39 is 0 Å². The lowest BCUT2D eigenvalue weighted by Gasteiger charge is -2.31. The summed E-state index contributed by atoms with van der Waals surface area (Å²) in [6, 6.07) is 23.9. The maximum absolute atomic E-state index is 5.56. The maximum Gasteiger partial charge on any atom is 0.129 e.